The van der Waals surface area contributed by atoms with Crippen molar-refractivity contribution in [2.75, 3.05) is 5.32 Å². The van der Waals surface area contributed by atoms with Gasteiger partial charge in [-0.2, -0.15) is 0 Å². The van der Waals surface area contributed by atoms with Crippen molar-refractivity contribution < 1.29 is 9.31 Å². The van der Waals surface area contributed by atoms with Crippen LogP contribution in [-0.2, 0) is 0 Å². The van der Waals surface area contributed by atoms with Crippen molar-refractivity contribution in [3.05, 3.63) is 68.4 Å². The predicted octanol–water partition coefficient (Wildman–Crippen LogP) is 5.06. The van der Waals surface area contributed by atoms with Crippen molar-refractivity contribution in [2.24, 2.45) is 0 Å². The molecule has 21 heavy (non-hydrogen) atoms. The Kier molecular flexibility index (Phi) is 4.90. The fourth-order valence-electron chi connectivity index (χ4n) is 2.06. The standard InChI is InChI=1S/C15H14BrFN2O2/c1-2-15(10-4-3-5-12(8-10)19(20)21)18-11-6-7-14(17)13(16)9-11/h3-9,15,18H,2H2,1H3. The van der Waals surface area contributed by atoms with Crippen LogP contribution in [0.4, 0.5) is 15.8 Å². The van der Waals surface area contributed by atoms with E-state index in [1.54, 1.807) is 24.3 Å². The number of nitrogens with zero attached hydrogens (tertiary/aromatic N) is 1. The minimum Gasteiger partial charge on any atom is -0.378 e. The normalized spacial score (nSPS) is 12.0. The van der Waals surface area contributed by atoms with Crippen LogP contribution in [0.3, 0.4) is 0 Å². The fraction of sp³-hybridized carbons (Fsp3) is 0.200. The Morgan fingerprint density at radius 2 is 2.10 bits per heavy atom. The van der Waals surface area contributed by atoms with Crippen molar-refractivity contribution in [1.82, 2.24) is 0 Å². The largest absolute Gasteiger partial charge is 0.378 e. The van der Waals surface area contributed by atoms with Gasteiger partial charge < -0.3 is 5.32 Å². The average molecular weight is 353 g/mol. The van der Waals surface area contributed by atoms with Gasteiger partial charge in [0.25, 0.3) is 5.69 Å². The minimum absolute atomic E-state index is 0.0630. The molecule has 1 N–H and O–H groups in total. The maximum Gasteiger partial charge on any atom is 0.269 e. The van der Waals surface area contributed by atoms with E-state index in [4.69, 9.17) is 0 Å². The van der Waals surface area contributed by atoms with Crippen molar-refractivity contribution in [1.29, 1.82) is 0 Å². The lowest BCUT2D eigenvalue weighted by Gasteiger charge is -2.19. The van der Waals surface area contributed by atoms with Gasteiger partial charge in [-0.05, 0) is 46.1 Å². The highest BCUT2D eigenvalue weighted by molar-refractivity contribution is 9.10. The number of hydrogen-bond acceptors (Lipinski definition) is 3. The third-order valence-electron chi connectivity index (χ3n) is 3.15. The number of rotatable bonds is 5. The first-order valence-electron chi connectivity index (χ1n) is 6.47. The lowest BCUT2D eigenvalue weighted by Crippen LogP contribution is -2.10. The van der Waals surface area contributed by atoms with Crippen LogP contribution in [0.2, 0.25) is 0 Å². The highest BCUT2D eigenvalue weighted by Gasteiger charge is 2.14. The van der Waals surface area contributed by atoms with E-state index in [0.717, 1.165) is 17.7 Å². The lowest BCUT2D eigenvalue weighted by molar-refractivity contribution is -0.384. The van der Waals surface area contributed by atoms with Crippen LogP contribution in [0, 0.1) is 15.9 Å². The second-order valence-corrected chi connectivity index (χ2v) is 5.44. The maximum atomic E-state index is 13.2. The quantitative estimate of drug-likeness (QED) is 0.604. The Hall–Kier alpha value is -1.95. The molecule has 6 heteroatoms. The molecule has 0 fully saturated rings. The van der Waals surface area contributed by atoms with Gasteiger partial charge >= 0.3 is 0 Å². The smallest absolute Gasteiger partial charge is 0.269 e. The summed E-state index contributed by atoms with van der Waals surface area (Å²) in [5, 5.41) is 14.1. The molecule has 4 nitrogen and oxygen atoms in total. The van der Waals surface area contributed by atoms with Crippen molar-refractivity contribution >= 4 is 27.3 Å². The van der Waals surface area contributed by atoms with E-state index in [0.29, 0.717) is 4.47 Å². The molecule has 0 aliphatic carbocycles. The van der Waals surface area contributed by atoms with Crippen LogP contribution in [0.5, 0.6) is 0 Å². The summed E-state index contributed by atoms with van der Waals surface area (Å²) in [5.74, 6) is -0.330. The van der Waals surface area contributed by atoms with Gasteiger partial charge in [0.05, 0.1) is 15.4 Å². The molecule has 2 aromatic carbocycles. The Morgan fingerprint density at radius 3 is 2.71 bits per heavy atom. The molecular weight excluding hydrogens is 339 g/mol. The van der Waals surface area contributed by atoms with E-state index in [9.17, 15) is 14.5 Å². The SMILES string of the molecule is CCC(Nc1ccc(F)c(Br)c1)c1cccc([N+](=O)[O-])c1. The van der Waals surface area contributed by atoms with Crippen molar-refractivity contribution in [3.8, 4) is 0 Å². The summed E-state index contributed by atoms with van der Waals surface area (Å²) in [6.07, 6.45) is 0.746. The van der Waals surface area contributed by atoms with Crippen LogP contribution < -0.4 is 5.32 Å². The Bertz CT molecular complexity index is 664. The molecular formula is C15H14BrFN2O2. The van der Waals surface area contributed by atoms with Crippen LogP contribution in [0.25, 0.3) is 0 Å². The first-order chi connectivity index (χ1) is 10.0. The van der Waals surface area contributed by atoms with Gasteiger partial charge in [-0.3, -0.25) is 10.1 Å². The molecule has 0 radical (unpaired) electrons. The van der Waals surface area contributed by atoms with E-state index in [-0.39, 0.29) is 17.5 Å². The van der Waals surface area contributed by atoms with E-state index in [2.05, 4.69) is 21.2 Å². The number of benzene rings is 2. The third-order valence-corrected chi connectivity index (χ3v) is 3.76. The number of nitro benzene ring substituents is 1. The van der Waals surface area contributed by atoms with Gasteiger partial charge in [0.2, 0.25) is 0 Å². The molecule has 0 aliphatic rings. The molecule has 0 heterocycles. The molecule has 0 aliphatic heterocycles. The molecule has 1 atom stereocenters. The molecule has 0 amide bonds. The number of nitrogens with one attached hydrogen (secondary N) is 1. The number of anilines is 1. The van der Waals surface area contributed by atoms with Crippen LogP contribution in [-0.4, -0.2) is 4.92 Å². The molecule has 1 unspecified atom stereocenters. The summed E-state index contributed by atoms with van der Waals surface area (Å²) in [6.45, 7) is 1.98. The molecule has 0 spiro atoms. The van der Waals surface area contributed by atoms with Gasteiger partial charge in [0.1, 0.15) is 5.82 Å². The Morgan fingerprint density at radius 1 is 1.33 bits per heavy atom. The van der Waals surface area contributed by atoms with Gasteiger partial charge in [0.15, 0.2) is 0 Å². The molecule has 0 saturated carbocycles. The highest BCUT2D eigenvalue weighted by Crippen LogP contribution is 2.27. The molecule has 110 valence electrons. The maximum absolute atomic E-state index is 13.2. The van der Waals surface area contributed by atoms with Crippen molar-refractivity contribution in [3.63, 3.8) is 0 Å². The average Bonchev–Trinajstić information content (AvgIpc) is 2.48. The number of nitro groups is 1. The molecule has 2 rings (SSSR count). The molecule has 2 aromatic rings. The van der Waals surface area contributed by atoms with Crippen molar-refractivity contribution in [2.45, 2.75) is 19.4 Å². The summed E-state index contributed by atoms with van der Waals surface area (Å²) in [7, 11) is 0. The predicted molar refractivity (Wildman–Crippen MR) is 83.9 cm³/mol. The zero-order valence-electron chi connectivity index (χ0n) is 11.3. The van der Waals surface area contributed by atoms with E-state index >= 15 is 0 Å². The first kappa shape index (κ1) is 15.4. The molecule has 0 saturated heterocycles. The topological polar surface area (TPSA) is 55.2 Å². The van der Waals surface area contributed by atoms with Crippen LogP contribution in [0.15, 0.2) is 46.9 Å². The minimum atomic E-state index is -0.412. The monoisotopic (exact) mass is 352 g/mol. The van der Waals surface area contributed by atoms with Gasteiger partial charge in [-0.1, -0.05) is 19.1 Å². The summed E-state index contributed by atoms with van der Waals surface area (Å²) < 4.78 is 13.6. The Labute approximate surface area is 130 Å². The van der Waals surface area contributed by atoms with E-state index in [1.165, 1.54) is 12.1 Å². The summed E-state index contributed by atoms with van der Waals surface area (Å²) in [5.41, 5.74) is 1.64. The number of halogens is 2. The Balaban J connectivity index is 2.25. The second kappa shape index (κ2) is 6.67. The summed E-state index contributed by atoms with van der Waals surface area (Å²) in [6, 6.07) is 11.1. The van der Waals surface area contributed by atoms with Gasteiger partial charge in [-0.15, -0.1) is 0 Å². The van der Waals surface area contributed by atoms with E-state index in [1.807, 2.05) is 13.0 Å². The van der Waals surface area contributed by atoms with Gasteiger partial charge in [-0.25, -0.2) is 4.39 Å². The number of non-ortho nitro benzene ring substituents is 1. The zero-order valence-corrected chi connectivity index (χ0v) is 12.9. The fourth-order valence-corrected chi connectivity index (χ4v) is 2.44. The van der Waals surface area contributed by atoms with Gasteiger partial charge in [0, 0.05) is 17.8 Å². The second-order valence-electron chi connectivity index (χ2n) is 4.59. The summed E-state index contributed by atoms with van der Waals surface area (Å²) in [4.78, 5) is 10.4. The molecule has 0 aromatic heterocycles. The lowest BCUT2D eigenvalue weighted by atomic mass is 10.0. The highest BCUT2D eigenvalue weighted by atomic mass is 79.9. The van der Waals surface area contributed by atoms with Crippen LogP contribution >= 0.6 is 15.9 Å². The first-order valence-corrected chi connectivity index (χ1v) is 7.26. The van der Waals surface area contributed by atoms with E-state index < -0.39 is 4.92 Å². The number of hydrogen-bond donors (Lipinski definition) is 1. The third kappa shape index (κ3) is 3.78. The molecule has 0 bridgehead atoms. The van der Waals surface area contributed by atoms with Crippen LogP contribution in [0.1, 0.15) is 24.9 Å². The summed E-state index contributed by atoms with van der Waals surface area (Å²) >= 11 is 3.14. The zero-order chi connectivity index (χ0) is 15.4.